The third kappa shape index (κ3) is 2.65. The van der Waals surface area contributed by atoms with Crippen molar-refractivity contribution in [1.82, 2.24) is 9.78 Å². The molecule has 3 nitrogen and oxygen atoms in total. The molecule has 0 saturated heterocycles. The van der Waals surface area contributed by atoms with E-state index in [-0.39, 0.29) is 0 Å². The maximum Gasteiger partial charge on any atom is 0.101 e. The average molecular weight is 309 g/mol. The predicted molar refractivity (Wildman–Crippen MR) is 75.4 cm³/mol. The van der Waals surface area contributed by atoms with E-state index in [1.807, 2.05) is 23.7 Å². The van der Waals surface area contributed by atoms with E-state index < -0.39 is 6.10 Å². The molecule has 1 N–H and O–H groups in total. The number of benzene rings is 1. The number of aromatic nitrogens is 2. The van der Waals surface area contributed by atoms with Gasteiger partial charge in [-0.3, -0.25) is 4.68 Å². The van der Waals surface area contributed by atoms with E-state index in [9.17, 15) is 5.11 Å². The van der Waals surface area contributed by atoms with Crippen molar-refractivity contribution in [3.8, 4) is 0 Å². The maximum atomic E-state index is 10.4. The summed E-state index contributed by atoms with van der Waals surface area (Å²) in [7, 11) is 0. The molecule has 0 aliphatic rings. The van der Waals surface area contributed by atoms with Gasteiger partial charge in [0.2, 0.25) is 0 Å². The van der Waals surface area contributed by atoms with Crippen molar-refractivity contribution in [1.29, 1.82) is 0 Å². The van der Waals surface area contributed by atoms with Gasteiger partial charge in [-0.2, -0.15) is 5.10 Å². The van der Waals surface area contributed by atoms with E-state index in [1.165, 1.54) is 11.1 Å². The van der Waals surface area contributed by atoms with Crippen LogP contribution in [0.4, 0.5) is 0 Å². The molecule has 96 valence electrons. The summed E-state index contributed by atoms with van der Waals surface area (Å²) >= 11 is 3.45. The zero-order valence-electron chi connectivity index (χ0n) is 10.6. The highest BCUT2D eigenvalue weighted by Gasteiger charge is 2.18. The molecule has 0 aliphatic heterocycles. The Morgan fingerprint density at radius 3 is 2.78 bits per heavy atom. The minimum absolute atomic E-state index is 0.539. The monoisotopic (exact) mass is 308 g/mol. The lowest BCUT2D eigenvalue weighted by Gasteiger charge is -2.14. The largest absolute Gasteiger partial charge is 0.386 e. The second kappa shape index (κ2) is 5.67. The Morgan fingerprint density at radius 2 is 2.11 bits per heavy atom. The van der Waals surface area contributed by atoms with E-state index in [4.69, 9.17) is 0 Å². The van der Waals surface area contributed by atoms with E-state index in [1.54, 1.807) is 6.20 Å². The van der Waals surface area contributed by atoms with Crippen molar-refractivity contribution in [2.75, 3.05) is 0 Å². The molecule has 0 radical (unpaired) electrons. The second-order valence-electron chi connectivity index (χ2n) is 4.34. The topological polar surface area (TPSA) is 38.0 Å². The zero-order chi connectivity index (χ0) is 13.1. The molecule has 2 rings (SSSR count). The normalized spacial score (nSPS) is 12.7. The van der Waals surface area contributed by atoms with Gasteiger partial charge in [0, 0.05) is 13.0 Å². The van der Waals surface area contributed by atoms with Gasteiger partial charge in [0.05, 0.1) is 16.4 Å². The molecule has 18 heavy (non-hydrogen) atoms. The van der Waals surface area contributed by atoms with Crippen molar-refractivity contribution in [3.63, 3.8) is 0 Å². The molecule has 4 heteroatoms. The third-order valence-corrected chi connectivity index (χ3v) is 3.73. The SMILES string of the molecule is CCn1ncc(Br)c1C(O)Cc1ccccc1C. The van der Waals surface area contributed by atoms with Gasteiger partial charge in [-0.05, 0) is 40.9 Å². The molecule has 1 atom stereocenters. The fraction of sp³-hybridized carbons (Fsp3) is 0.357. The van der Waals surface area contributed by atoms with Crippen LogP contribution in [-0.4, -0.2) is 14.9 Å². The number of rotatable bonds is 4. The predicted octanol–water partition coefficient (Wildman–Crippen LogP) is 3.25. The number of aliphatic hydroxyl groups excluding tert-OH is 1. The molecule has 1 heterocycles. The highest BCUT2D eigenvalue weighted by molar-refractivity contribution is 9.10. The van der Waals surface area contributed by atoms with Crippen LogP contribution in [0.3, 0.4) is 0 Å². The summed E-state index contributed by atoms with van der Waals surface area (Å²) in [6.07, 6.45) is 1.81. The number of aliphatic hydroxyl groups is 1. The molecule has 0 bridgehead atoms. The first-order chi connectivity index (χ1) is 8.63. The number of hydrogen-bond acceptors (Lipinski definition) is 2. The van der Waals surface area contributed by atoms with E-state index in [2.05, 4.69) is 40.1 Å². The van der Waals surface area contributed by atoms with Crippen LogP contribution in [0.2, 0.25) is 0 Å². The van der Waals surface area contributed by atoms with Gasteiger partial charge in [0.25, 0.3) is 0 Å². The van der Waals surface area contributed by atoms with Crippen molar-refractivity contribution in [3.05, 3.63) is 51.8 Å². The third-order valence-electron chi connectivity index (χ3n) is 3.12. The molecule has 0 saturated carbocycles. The smallest absolute Gasteiger partial charge is 0.101 e. The number of halogens is 1. The van der Waals surface area contributed by atoms with Crippen LogP contribution in [0.25, 0.3) is 0 Å². The minimum Gasteiger partial charge on any atom is -0.386 e. The van der Waals surface area contributed by atoms with Gasteiger partial charge in [-0.15, -0.1) is 0 Å². The molecule has 1 aromatic carbocycles. The molecule has 2 aromatic rings. The molecule has 0 aliphatic carbocycles. The highest BCUT2D eigenvalue weighted by atomic mass is 79.9. The Kier molecular flexibility index (Phi) is 4.19. The number of hydrogen-bond donors (Lipinski definition) is 1. The van der Waals surface area contributed by atoms with Gasteiger partial charge in [0.1, 0.15) is 6.10 Å². The van der Waals surface area contributed by atoms with Gasteiger partial charge in [-0.25, -0.2) is 0 Å². The summed E-state index contributed by atoms with van der Waals surface area (Å²) in [6.45, 7) is 4.84. The minimum atomic E-state index is -0.539. The molecule has 1 unspecified atom stereocenters. The van der Waals surface area contributed by atoms with Crippen LogP contribution in [0.5, 0.6) is 0 Å². The fourth-order valence-corrected chi connectivity index (χ4v) is 2.66. The maximum absolute atomic E-state index is 10.4. The van der Waals surface area contributed by atoms with Gasteiger partial charge >= 0.3 is 0 Å². The van der Waals surface area contributed by atoms with Gasteiger partial charge < -0.3 is 5.11 Å². The molecular formula is C14H17BrN2O. The van der Waals surface area contributed by atoms with E-state index in [0.717, 1.165) is 16.7 Å². The second-order valence-corrected chi connectivity index (χ2v) is 5.19. The summed E-state index contributed by atoms with van der Waals surface area (Å²) < 4.78 is 2.69. The van der Waals surface area contributed by atoms with Crippen molar-refractivity contribution in [2.24, 2.45) is 0 Å². The number of aryl methyl sites for hydroxylation is 2. The van der Waals surface area contributed by atoms with Crippen molar-refractivity contribution in [2.45, 2.75) is 32.9 Å². The quantitative estimate of drug-likeness (QED) is 0.941. The van der Waals surface area contributed by atoms with Crippen LogP contribution in [-0.2, 0) is 13.0 Å². The van der Waals surface area contributed by atoms with Crippen LogP contribution in [0.15, 0.2) is 34.9 Å². The standard InChI is InChI=1S/C14H17BrN2O/c1-3-17-14(12(15)9-16-17)13(18)8-11-7-5-4-6-10(11)2/h4-7,9,13,18H,3,8H2,1-2H3. The zero-order valence-corrected chi connectivity index (χ0v) is 12.2. The Hall–Kier alpha value is -1.13. The van der Waals surface area contributed by atoms with Crippen LogP contribution >= 0.6 is 15.9 Å². The summed E-state index contributed by atoms with van der Waals surface area (Å²) in [5, 5.41) is 14.6. The first-order valence-electron chi connectivity index (χ1n) is 6.07. The highest BCUT2D eigenvalue weighted by Crippen LogP contribution is 2.26. The lowest BCUT2D eigenvalue weighted by molar-refractivity contribution is 0.166. The molecular weight excluding hydrogens is 292 g/mol. The summed E-state index contributed by atoms with van der Waals surface area (Å²) in [6, 6.07) is 8.13. The molecule has 0 spiro atoms. The Morgan fingerprint density at radius 1 is 1.39 bits per heavy atom. The molecule has 1 aromatic heterocycles. The molecule has 0 fully saturated rings. The van der Waals surface area contributed by atoms with E-state index >= 15 is 0 Å². The van der Waals surface area contributed by atoms with Crippen LogP contribution in [0, 0.1) is 6.92 Å². The van der Waals surface area contributed by atoms with Crippen LogP contribution < -0.4 is 0 Å². The van der Waals surface area contributed by atoms with E-state index in [0.29, 0.717) is 6.42 Å². The lowest BCUT2D eigenvalue weighted by Crippen LogP contribution is -2.11. The first kappa shape index (κ1) is 13.3. The summed E-state index contributed by atoms with van der Waals surface area (Å²) in [5.41, 5.74) is 3.22. The Bertz CT molecular complexity index is 536. The average Bonchev–Trinajstić information content (AvgIpc) is 2.73. The fourth-order valence-electron chi connectivity index (χ4n) is 2.10. The first-order valence-corrected chi connectivity index (χ1v) is 6.86. The Labute approximate surface area is 116 Å². The summed E-state index contributed by atoms with van der Waals surface area (Å²) in [5.74, 6) is 0. The van der Waals surface area contributed by atoms with Crippen LogP contribution in [0.1, 0.15) is 29.8 Å². The number of nitrogens with zero attached hydrogens (tertiary/aromatic N) is 2. The van der Waals surface area contributed by atoms with Crippen molar-refractivity contribution < 1.29 is 5.11 Å². The van der Waals surface area contributed by atoms with Gasteiger partial charge in [-0.1, -0.05) is 24.3 Å². The lowest BCUT2D eigenvalue weighted by atomic mass is 10.0. The molecule has 0 amide bonds. The van der Waals surface area contributed by atoms with Crippen molar-refractivity contribution >= 4 is 15.9 Å². The Balaban J connectivity index is 2.24. The van der Waals surface area contributed by atoms with Gasteiger partial charge in [0.15, 0.2) is 0 Å². The summed E-state index contributed by atoms with van der Waals surface area (Å²) in [4.78, 5) is 0.